The highest BCUT2D eigenvalue weighted by Gasteiger charge is 2.37. The highest BCUT2D eigenvalue weighted by atomic mass is 16.5. The molecule has 0 fully saturated rings. The largest absolute Gasteiger partial charge is 0.493 e. The Bertz CT molecular complexity index is 978. The molecule has 220 valence electrons. The maximum atomic E-state index is 10.4. The molecule has 0 radical (unpaired) electrons. The van der Waals surface area contributed by atoms with Gasteiger partial charge in [0.15, 0.2) is 23.0 Å². The summed E-state index contributed by atoms with van der Waals surface area (Å²) in [4.78, 5) is 2.30. The van der Waals surface area contributed by atoms with E-state index in [4.69, 9.17) is 23.7 Å². The van der Waals surface area contributed by atoms with Crippen LogP contribution in [0.25, 0.3) is 0 Å². The molecule has 7 nitrogen and oxygen atoms in total. The highest BCUT2D eigenvalue weighted by Crippen LogP contribution is 2.45. The Labute approximate surface area is 238 Å². The average Bonchev–Trinajstić information content (AvgIpc) is 2.99. The number of benzene rings is 2. The zero-order valence-electron chi connectivity index (χ0n) is 26.4. The summed E-state index contributed by atoms with van der Waals surface area (Å²) < 4.78 is 27.3. The predicted molar refractivity (Wildman–Crippen MR) is 161 cm³/mol. The number of hydrogen-bond donors (Lipinski definition) is 0. The molecule has 39 heavy (non-hydrogen) atoms. The maximum absolute atomic E-state index is 10.4. The molecule has 0 aliphatic rings. The van der Waals surface area contributed by atoms with Crippen LogP contribution in [0, 0.1) is 17.2 Å². The van der Waals surface area contributed by atoms with E-state index in [0.29, 0.717) is 17.2 Å². The standard InChI is InChI=1S/C28H40N2O5.2C2H6/c1-20(2)28(19-29,22-17-25(33-6)27(35-8)26(18-22)34-7)13-9-14-30(3)15-12-21-10-11-23(31-4)24(16-21)32-5;2*1-2/h10-11,16-18,20H,9,12-15H2,1-8H3;2*1-2H3. The van der Waals surface area contributed by atoms with Gasteiger partial charge >= 0.3 is 0 Å². The molecule has 0 saturated carbocycles. The van der Waals surface area contributed by atoms with Crippen molar-refractivity contribution in [2.24, 2.45) is 5.92 Å². The fraction of sp³-hybridized carbons (Fsp3) is 0.594. The third-order valence-corrected chi connectivity index (χ3v) is 6.71. The minimum atomic E-state index is -0.670. The molecular formula is C32H52N2O5. The number of ether oxygens (including phenoxy) is 5. The quantitative estimate of drug-likeness (QED) is 0.250. The van der Waals surface area contributed by atoms with E-state index in [1.54, 1.807) is 35.5 Å². The number of nitriles is 1. The van der Waals surface area contributed by atoms with Gasteiger partial charge in [0.25, 0.3) is 0 Å². The molecule has 2 rings (SSSR count). The molecular weight excluding hydrogens is 492 g/mol. The van der Waals surface area contributed by atoms with E-state index in [2.05, 4.69) is 37.9 Å². The zero-order chi connectivity index (χ0) is 30.0. The second kappa shape index (κ2) is 19.0. The van der Waals surface area contributed by atoms with E-state index in [1.807, 2.05) is 52.0 Å². The zero-order valence-corrected chi connectivity index (χ0v) is 26.4. The summed E-state index contributed by atoms with van der Waals surface area (Å²) in [6, 6.07) is 12.5. The van der Waals surface area contributed by atoms with Crippen LogP contribution in [0.2, 0.25) is 0 Å². The SMILES string of the molecule is CC.CC.COc1ccc(CCN(C)CCCC(C#N)(c2cc(OC)c(OC)c(OC)c2)C(C)C)cc1OC. The van der Waals surface area contributed by atoms with Gasteiger partial charge in [-0.1, -0.05) is 47.6 Å². The number of hydrogen-bond acceptors (Lipinski definition) is 7. The van der Waals surface area contributed by atoms with E-state index in [1.165, 1.54) is 5.56 Å². The summed E-state index contributed by atoms with van der Waals surface area (Å²) in [5.41, 5.74) is 1.41. The van der Waals surface area contributed by atoms with Crippen LogP contribution >= 0.6 is 0 Å². The third kappa shape index (κ3) is 9.54. The van der Waals surface area contributed by atoms with Gasteiger partial charge in [0.1, 0.15) is 0 Å². The molecule has 0 amide bonds. The van der Waals surface area contributed by atoms with Gasteiger partial charge in [-0.05, 0) is 74.2 Å². The van der Waals surface area contributed by atoms with Crippen LogP contribution in [0.3, 0.4) is 0 Å². The molecule has 7 heteroatoms. The lowest BCUT2D eigenvalue weighted by molar-refractivity contribution is 0.290. The number of rotatable bonds is 14. The van der Waals surface area contributed by atoms with Crippen LogP contribution in [0.15, 0.2) is 30.3 Å². The lowest BCUT2D eigenvalue weighted by atomic mass is 9.69. The lowest BCUT2D eigenvalue weighted by Gasteiger charge is -2.33. The molecule has 2 aromatic carbocycles. The summed E-state index contributed by atoms with van der Waals surface area (Å²) in [6.07, 6.45) is 2.50. The van der Waals surface area contributed by atoms with Crippen LogP contribution in [0.4, 0.5) is 0 Å². The van der Waals surface area contributed by atoms with Gasteiger partial charge in [-0.2, -0.15) is 5.26 Å². The molecule has 1 atom stereocenters. The Morgan fingerprint density at radius 3 is 1.74 bits per heavy atom. The van der Waals surface area contributed by atoms with Gasteiger partial charge < -0.3 is 28.6 Å². The molecule has 0 saturated heterocycles. The molecule has 0 aliphatic carbocycles. The second-order valence-corrected chi connectivity index (χ2v) is 9.00. The lowest BCUT2D eigenvalue weighted by Crippen LogP contribution is -2.32. The van der Waals surface area contributed by atoms with Gasteiger partial charge in [0.05, 0.1) is 47.0 Å². The summed E-state index contributed by atoms with van der Waals surface area (Å²) in [7, 11) is 10.2. The van der Waals surface area contributed by atoms with Crippen molar-refractivity contribution in [1.29, 1.82) is 5.26 Å². The molecule has 0 spiro atoms. The van der Waals surface area contributed by atoms with Gasteiger partial charge in [-0.15, -0.1) is 0 Å². The van der Waals surface area contributed by atoms with Gasteiger partial charge in [0.2, 0.25) is 5.75 Å². The molecule has 0 aliphatic heterocycles. The monoisotopic (exact) mass is 544 g/mol. The van der Waals surface area contributed by atoms with Gasteiger partial charge in [0, 0.05) is 6.54 Å². The van der Waals surface area contributed by atoms with E-state index < -0.39 is 5.41 Å². The topological polar surface area (TPSA) is 73.2 Å². The van der Waals surface area contributed by atoms with Crippen molar-refractivity contribution in [3.63, 3.8) is 0 Å². The second-order valence-electron chi connectivity index (χ2n) is 9.00. The van der Waals surface area contributed by atoms with Crippen LogP contribution in [0.1, 0.15) is 65.5 Å². The minimum Gasteiger partial charge on any atom is -0.493 e. The highest BCUT2D eigenvalue weighted by molar-refractivity contribution is 5.56. The predicted octanol–water partition coefficient (Wildman–Crippen LogP) is 7.15. The fourth-order valence-corrected chi connectivity index (χ4v) is 4.45. The van der Waals surface area contributed by atoms with Gasteiger partial charge in [-0.3, -0.25) is 0 Å². The Kier molecular flexibility index (Phi) is 17.5. The van der Waals surface area contributed by atoms with Crippen molar-refractivity contribution < 1.29 is 23.7 Å². The van der Waals surface area contributed by atoms with Crippen molar-refractivity contribution in [1.82, 2.24) is 4.90 Å². The number of likely N-dealkylation sites (N-methyl/N-ethyl adjacent to an activating group) is 1. The van der Waals surface area contributed by atoms with Crippen LogP contribution in [-0.2, 0) is 11.8 Å². The van der Waals surface area contributed by atoms with E-state index in [-0.39, 0.29) is 5.92 Å². The maximum Gasteiger partial charge on any atom is 0.203 e. The molecule has 0 N–H and O–H groups in total. The summed E-state index contributed by atoms with van der Waals surface area (Å²) in [5, 5.41) is 10.4. The van der Waals surface area contributed by atoms with Crippen LogP contribution in [-0.4, -0.2) is 60.6 Å². The summed E-state index contributed by atoms with van der Waals surface area (Å²) in [5.74, 6) is 3.24. The molecule has 0 aromatic heterocycles. The first kappa shape index (κ1) is 35.9. The number of methoxy groups -OCH3 is 5. The van der Waals surface area contributed by atoms with Crippen LogP contribution in [0.5, 0.6) is 28.7 Å². The first-order chi connectivity index (χ1) is 18.8. The summed E-state index contributed by atoms with van der Waals surface area (Å²) in [6.45, 7) is 14.0. The first-order valence-corrected chi connectivity index (χ1v) is 13.9. The van der Waals surface area contributed by atoms with Crippen molar-refractivity contribution in [3.8, 4) is 34.8 Å². The molecule has 0 bridgehead atoms. The Morgan fingerprint density at radius 2 is 1.31 bits per heavy atom. The van der Waals surface area contributed by atoms with Crippen LogP contribution < -0.4 is 23.7 Å². The van der Waals surface area contributed by atoms with E-state index in [9.17, 15) is 5.26 Å². The van der Waals surface area contributed by atoms with Crippen molar-refractivity contribution >= 4 is 0 Å². The molecule has 2 aromatic rings. The smallest absolute Gasteiger partial charge is 0.203 e. The molecule has 1 unspecified atom stereocenters. The first-order valence-electron chi connectivity index (χ1n) is 13.9. The Morgan fingerprint density at radius 1 is 0.769 bits per heavy atom. The van der Waals surface area contributed by atoms with Crippen molar-refractivity contribution in [2.45, 2.75) is 66.2 Å². The Balaban J connectivity index is 0.00000344. The van der Waals surface area contributed by atoms with E-state index >= 15 is 0 Å². The minimum absolute atomic E-state index is 0.104. The third-order valence-electron chi connectivity index (χ3n) is 6.71. The normalized spacial score (nSPS) is 11.7. The van der Waals surface area contributed by atoms with Gasteiger partial charge in [-0.25, -0.2) is 0 Å². The van der Waals surface area contributed by atoms with Crippen molar-refractivity contribution in [3.05, 3.63) is 41.5 Å². The van der Waals surface area contributed by atoms with Crippen molar-refractivity contribution in [2.75, 3.05) is 55.7 Å². The summed E-state index contributed by atoms with van der Waals surface area (Å²) >= 11 is 0. The number of nitrogens with zero attached hydrogens (tertiary/aromatic N) is 2. The van der Waals surface area contributed by atoms with E-state index in [0.717, 1.165) is 49.4 Å². The average molecular weight is 545 g/mol. The Hall–Kier alpha value is -3.11. The fourth-order valence-electron chi connectivity index (χ4n) is 4.45. The molecule has 0 heterocycles.